The van der Waals surface area contributed by atoms with Crippen molar-refractivity contribution in [2.24, 2.45) is 0 Å². The van der Waals surface area contributed by atoms with Crippen LogP contribution >= 0.6 is 0 Å². The number of anilines is 1. The van der Waals surface area contributed by atoms with E-state index in [0.717, 1.165) is 16.7 Å². The van der Waals surface area contributed by atoms with E-state index in [4.69, 9.17) is 0 Å². The topological polar surface area (TPSA) is 92.3 Å². The molecular weight excluding hydrogens is 388 g/mol. The van der Waals surface area contributed by atoms with Crippen LogP contribution in [0.5, 0.6) is 0 Å². The minimum Gasteiger partial charge on any atom is -0.334 e. The van der Waals surface area contributed by atoms with Crippen molar-refractivity contribution in [3.63, 3.8) is 0 Å². The molecule has 0 saturated heterocycles. The Morgan fingerprint density at radius 2 is 1.93 bits per heavy atom. The van der Waals surface area contributed by atoms with E-state index < -0.39 is 10.0 Å². The molecule has 0 bridgehead atoms. The Hall–Kier alpha value is -3.26. The minimum absolute atomic E-state index is 0.0678. The average molecular weight is 408 g/mol. The number of pyridine rings is 2. The fraction of sp³-hybridized carbons (Fsp3) is 0.190. The Bertz CT molecular complexity index is 1160. The van der Waals surface area contributed by atoms with Gasteiger partial charge in [0.05, 0.1) is 22.3 Å². The number of benzene rings is 1. The first kappa shape index (κ1) is 19.1. The summed E-state index contributed by atoms with van der Waals surface area (Å²) in [5.41, 5.74) is 3.79. The van der Waals surface area contributed by atoms with Crippen molar-refractivity contribution in [3.8, 4) is 0 Å². The van der Waals surface area contributed by atoms with Crippen molar-refractivity contribution in [1.82, 2.24) is 14.9 Å². The molecule has 0 aliphatic carbocycles. The van der Waals surface area contributed by atoms with Crippen molar-refractivity contribution in [3.05, 3.63) is 83.4 Å². The standard InChI is InChI=1S/C21H20N4O3S/c1-15-9-18(12-23-11-15)21(26)25-8-6-16-10-20(5-4-17(16)14-25)29(27,28)24-19-3-2-7-22-13-19/h2-5,7,9-13,24H,6,8,14H2,1H3. The van der Waals surface area contributed by atoms with Crippen LogP contribution in [0.2, 0.25) is 0 Å². The highest BCUT2D eigenvalue weighted by Crippen LogP contribution is 2.25. The molecule has 7 nitrogen and oxygen atoms in total. The molecule has 1 aliphatic heterocycles. The largest absolute Gasteiger partial charge is 0.334 e. The highest BCUT2D eigenvalue weighted by Gasteiger charge is 2.24. The van der Waals surface area contributed by atoms with E-state index in [1.807, 2.05) is 13.0 Å². The number of sulfonamides is 1. The number of nitrogens with one attached hydrogen (secondary N) is 1. The van der Waals surface area contributed by atoms with Gasteiger partial charge in [-0.05, 0) is 60.4 Å². The van der Waals surface area contributed by atoms with Crippen LogP contribution < -0.4 is 4.72 Å². The molecule has 0 spiro atoms. The Labute approximate surface area is 169 Å². The van der Waals surface area contributed by atoms with Crippen molar-refractivity contribution >= 4 is 21.6 Å². The van der Waals surface area contributed by atoms with E-state index in [9.17, 15) is 13.2 Å². The van der Waals surface area contributed by atoms with E-state index in [1.54, 1.807) is 53.8 Å². The summed E-state index contributed by atoms with van der Waals surface area (Å²) >= 11 is 0. The van der Waals surface area contributed by atoms with Crippen LogP contribution in [0.25, 0.3) is 0 Å². The summed E-state index contributed by atoms with van der Waals surface area (Å²) in [6, 6.07) is 10.2. The Morgan fingerprint density at radius 1 is 1.07 bits per heavy atom. The number of hydrogen-bond acceptors (Lipinski definition) is 5. The normalized spacial score (nSPS) is 13.6. The third kappa shape index (κ3) is 4.12. The predicted molar refractivity (Wildman–Crippen MR) is 109 cm³/mol. The predicted octanol–water partition coefficient (Wildman–Crippen LogP) is 2.78. The monoisotopic (exact) mass is 408 g/mol. The number of aryl methyl sites for hydroxylation is 1. The zero-order valence-electron chi connectivity index (χ0n) is 15.9. The molecule has 148 valence electrons. The second-order valence-electron chi connectivity index (χ2n) is 7.01. The summed E-state index contributed by atoms with van der Waals surface area (Å²) < 4.78 is 27.9. The van der Waals surface area contributed by atoms with Gasteiger partial charge in [0.25, 0.3) is 15.9 Å². The Morgan fingerprint density at radius 3 is 2.69 bits per heavy atom. The van der Waals surface area contributed by atoms with Crippen LogP contribution in [-0.2, 0) is 23.0 Å². The number of aromatic nitrogens is 2. The van der Waals surface area contributed by atoms with Gasteiger partial charge < -0.3 is 4.90 Å². The van der Waals surface area contributed by atoms with Gasteiger partial charge in [0.2, 0.25) is 0 Å². The number of hydrogen-bond donors (Lipinski definition) is 1. The molecule has 1 amide bonds. The van der Waals surface area contributed by atoms with E-state index in [2.05, 4.69) is 14.7 Å². The second kappa shape index (κ2) is 7.63. The molecule has 2 aromatic heterocycles. The zero-order chi connectivity index (χ0) is 20.4. The smallest absolute Gasteiger partial charge is 0.261 e. The molecule has 0 radical (unpaired) electrons. The first-order valence-electron chi connectivity index (χ1n) is 9.18. The van der Waals surface area contributed by atoms with E-state index in [-0.39, 0.29) is 10.8 Å². The molecular formula is C21H20N4O3S. The molecule has 3 heterocycles. The number of carbonyl (C=O) groups excluding carboxylic acids is 1. The minimum atomic E-state index is -3.70. The maximum Gasteiger partial charge on any atom is 0.261 e. The molecule has 1 aliphatic rings. The SMILES string of the molecule is Cc1cncc(C(=O)N2CCc3cc(S(=O)(=O)Nc4cccnc4)ccc3C2)c1. The molecule has 0 atom stereocenters. The van der Waals surface area contributed by atoms with E-state index in [0.29, 0.717) is 30.8 Å². The van der Waals surface area contributed by atoms with Gasteiger partial charge in [-0.15, -0.1) is 0 Å². The number of amides is 1. The quantitative estimate of drug-likeness (QED) is 0.717. The third-order valence-corrected chi connectivity index (χ3v) is 6.20. The van der Waals surface area contributed by atoms with Crippen LogP contribution in [0.15, 0.2) is 66.1 Å². The highest BCUT2D eigenvalue weighted by molar-refractivity contribution is 7.92. The Kier molecular flexibility index (Phi) is 5.02. The van der Waals surface area contributed by atoms with Gasteiger partial charge in [-0.25, -0.2) is 8.42 Å². The van der Waals surface area contributed by atoms with Gasteiger partial charge in [-0.2, -0.15) is 0 Å². The highest BCUT2D eigenvalue weighted by atomic mass is 32.2. The first-order valence-corrected chi connectivity index (χ1v) is 10.7. The maximum absolute atomic E-state index is 12.8. The molecule has 0 saturated carbocycles. The summed E-state index contributed by atoms with van der Waals surface area (Å²) in [7, 11) is -3.70. The van der Waals surface area contributed by atoms with Gasteiger partial charge in [0.1, 0.15) is 0 Å². The molecule has 3 aromatic rings. The summed E-state index contributed by atoms with van der Waals surface area (Å²) in [4.78, 5) is 22.7. The van der Waals surface area contributed by atoms with Crippen molar-refractivity contribution in [2.75, 3.05) is 11.3 Å². The molecule has 8 heteroatoms. The number of rotatable bonds is 4. The Balaban J connectivity index is 1.53. The second-order valence-corrected chi connectivity index (χ2v) is 8.69. The first-order chi connectivity index (χ1) is 13.9. The van der Waals surface area contributed by atoms with Crippen LogP contribution in [-0.4, -0.2) is 35.7 Å². The van der Waals surface area contributed by atoms with Crippen LogP contribution in [0, 0.1) is 6.92 Å². The summed E-state index contributed by atoms with van der Waals surface area (Å²) in [6.07, 6.45) is 6.92. The maximum atomic E-state index is 12.8. The van der Waals surface area contributed by atoms with Crippen molar-refractivity contribution < 1.29 is 13.2 Å². The van der Waals surface area contributed by atoms with Gasteiger partial charge >= 0.3 is 0 Å². The fourth-order valence-corrected chi connectivity index (χ4v) is 4.46. The summed E-state index contributed by atoms with van der Waals surface area (Å²) in [5.74, 6) is -0.0678. The number of nitrogens with zero attached hydrogens (tertiary/aromatic N) is 3. The third-order valence-electron chi connectivity index (χ3n) is 4.82. The van der Waals surface area contributed by atoms with E-state index >= 15 is 0 Å². The van der Waals surface area contributed by atoms with Gasteiger partial charge in [0.15, 0.2) is 0 Å². The lowest BCUT2D eigenvalue weighted by Crippen LogP contribution is -2.36. The average Bonchev–Trinajstić information content (AvgIpc) is 2.73. The van der Waals surface area contributed by atoms with Gasteiger partial charge in [-0.1, -0.05) is 6.07 Å². The lowest BCUT2D eigenvalue weighted by atomic mass is 9.99. The van der Waals surface area contributed by atoms with Crippen LogP contribution in [0.4, 0.5) is 5.69 Å². The fourth-order valence-electron chi connectivity index (χ4n) is 3.36. The molecule has 29 heavy (non-hydrogen) atoms. The molecule has 0 fully saturated rings. The van der Waals surface area contributed by atoms with Crippen molar-refractivity contribution in [1.29, 1.82) is 0 Å². The lowest BCUT2D eigenvalue weighted by Gasteiger charge is -2.29. The van der Waals surface area contributed by atoms with Crippen LogP contribution in [0.3, 0.4) is 0 Å². The molecule has 1 N–H and O–H groups in total. The van der Waals surface area contributed by atoms with Crippen LogP contribution in [0.1, 0.15) is 27.0 Å². The zero-order valence-corrected chi connectivity index (χ0v) is 16.7. The van der Waals surface area contributed by atoms with E-state index in [1.165, 1.54) is 6.20 Å². The molecule has 4 rings (SSSR count). The lowest BCUT2D eigenvalue weighted by molar-refractivity contribution is 0.0734. The molecule has 0 unspecified atom stereocenters. The molecule has 1 aromatic carbocycles. The summed E-state index contributed by atoms with van der Waals surface area (Å²) in [5, 5.41) is 0. The summed E-state index contributed by atoms with van der Waals surface area (Å²) in [6.45, 7) is 2.87. The number of fused-ring (bicyclic) bond motifs is 1. The number of carbonyl (C=O) groups is 1. The van der Waals surface area contributed by atoms with Gasteiger partial charge in [-0.3, -0.25) is 19.5 Å². The van der Waals surface area contributed by atoms with Gasteiger partial charge in [0, 0.05) is 31.7 Å². The van der Waals surface area contributed by atoms with Crippen molar-refractivity contribution in [2.45, 2.75) is 24.8 Å².